The van der Waals surface area contributed by atoms with Crippen molar-refractivity contribution in [1.29, 1.82) is 0 Å². The molecule has 1 heterocycles. The fraction of sp³-hybridized carbons (Fsp3) is 0.611. The number of aliphatic hydroxyl groups is 1. The van der Waals surface area contributed by atoms with Crippen molar-refractivity contribution in [2.75, 3.05) is 57.8 Å². The van der Waals surface area contributed by atoms with Gasteiger partial charge < -0.3 is 20.2 Å². The van der Waals surface area contributed by atoms with E-state index >= 15 is 0 Å². The number of aliphatic hydroxyl groups excluding tert-OH is 1. The first-order valence-corrected chi connectivity index (χ1v) is 8.75. The molecule has 0 spiro atoms. The molecule has 2 amide bonds. The Kier molecular flexibility index (Phi) is 7.34. The van der Waals surface area contributed by atoms with Crippen LogP contribution in [0.1, 0.15) is 13.3 Å². The number of anilines is 1. The van der Waals surface area contributed by atoms with Gasteiger partial charge in [-0.2, -0.15) is 0 Å². The Balaban J connectivity index is 1.60. The Hall–Kier alpha value is -1.79. The predicted molar refractivity (Wildman–Crippen MR) is 97.4 cm³/mol. The van der Waals surface area contributed by atoms with E-state index < -0.39 is 0 Å². The summed E-state index contributed by atoms with van der Waals surface area (Å²) in [7, 11) is 1.71. The van der Waals surface area contributed by atoms with Crippen molar-refractivity contribution in [2.45, 2.75) is 19.4 Å². The number of likely N-dealkylation sites (N-methyl/N-ethyl adjacent to an activating group) is 1. The van der Waals surface area contributed by atoms with E-state index in [0.29, 0.717) is 6.54 Å². The van der Waals surface area contributed by atoms with Gasteiger partial charge >= 0.3 is 6.03 Å². The van der Waals surface area contributed by atoms with Crippen LogP contribution in [0.2, 0.25) is 0 Å². The van der Waals surface area contributed by atoms with E-state index in [1.54, 1.807) is 11.9 Å². The molecule has 1 aliphatic rings. The average molecular weight is 334 g/mol. The molecule has 1 saturated heterocycles. The number of carbonyl (C=O) groups excluding carboxylic acids is 1. The Morgan fingerprint density at radius 2 is 1.92 bits per heavy atom. The van der Waals surface area contributed by atoms with E-state index in [9.17, 15) is 4.79 Å². The number of piperazine rings is 1. The summed E-state index contributed by atoms with van der Waals surface area (Å²) in [5.41, 5.74) is 1.30. The molecule has 24 heavy (non-hydrogen) atoms. The molecule has 134 valence electrons. The van der Waals surface area contributed by atoms with Crippen LogP contribution >= 0.6 is 0 Å². The van der Waals surface area contributed by atoms with Gasteiger partial charge in [-0.15, -0.1) is 0 Å². The number of carbonyl (C=O) groups is 1. The lowest BCUT2D eigenvalue weighted by Crippen LogP contribution is -2.47. The number of benzene rings is 1. The zero-order chi connectivity index (χ0) is 17.4. The number of hydrogen-bond donors (Lipinski definition) is 2. The van der Waals surface area contributed by atoms with Crippen LogP contribution in [-0.2, 0) is 0 Å². The van der Waals surface area contributed by atoms with Crippen molar-refractivity contribution in [1.82, 2.24) is 15.1 Å². The van der Waals surface area contributed by atoms with Crippen molar-refractivity contribution < 1.29 is 9.90 Å². The quantitative estimate of drug-likeness (QED) is 0.736. The number of hydrogen-bond acceptors (Lipinski definition) is 4. The smallest absolute Gasteiger partial charge is 0.317 e. The molecule has 1 aliphatic heterocycles. The summed E-state index contributed by atoms with van der Waals surface area (Å²) < 4.78 is 0. The van der Waals surface area contributed by atoms with Gasteiger partial charge in [0.1, 0.15) is 0 Å². The van der Waals surface area contributed by atoms with Gasteiger partial charge in [0.15, 0.2) is 0 Å². The first-order valence-electron chi connectivity index (χ1n) is 8.75. The summed E-state index contributed by atoms with van der Waals surface area (Å²) in [6.45, 7) is 7.69. The number of rotatable bonds is 7. The number of urea groups is 1. The standard InChI is InChI=1S/C18H30N4O2/c1-16(15-23)20(2)18(24)19-9-6-10-21-11-13-22(14-12-21)17-7-4-3-5-8-17/h3-5,7-8,16,23H,6,9-15H2,1-2H3,(H,19,24). The van der Waals surface area contributed by atoms with Crippen LogP contribution in [0.3, 0.4) is 0 Å². The molecule has 1 fully saturated rings. The third-order valence-corrected chi connectivity index (χ3v) is 4.67. The highest BCUT2D eigenvalue weighted by atomic mass is 16.3. The maximum absolute atomic E-state index is 11.9. The minimum atomic E-state index is -0.156. The number of para-hydroxylation sites is 1. The normalized spacial score (nSPS) is 16.7. The Morgan fingerprint density at radius 1 is 1.25 bits per heavy atom. The van der Waals surface area contributed by atoms with E-state index in [0.717, 1.165) is 39.1 Å². The second-order valence-corrected chi connectivity index (χ2v) is 6.39. The molecule has 2 rings (SSSR count). The Morgan fingerprint density at radius 3 is 2.54 bits per heavy atom. The van der Waals surface area contributed by atoms with Crippen molar-refractivity contribution in [3.63, 3.8) is 0 Å². The van der Waals surface area contributed by atoms with Gasteiger partial charge in [0.05, 0.1) is 12.6 Å². The highest BCUT2D eigenvalue weighted by Gasteiger charge is 2.17. The number of nitrogens with zero attached hydrogens (tertiary/aromatic N) is 3. The average Bonchev–Trinajstić information content (AvgIpc) is 2.65. The zero-order valence-electron chi connectivity index (χ0n) is 14.8. The van der Waals surface area contributed by atoms with Crippen LogP contribution < -0.4 is 10.2 Å². The molecule has 6 heteroatoms. The summed E-state index contributed by atoms with van der Waals surface area (Å²) in [6, 6.07) is 10.3. The van der Waals surface area contributed by atoms with E-state index in [1.807, 2.05) is 13.0 Å². The van der Waals surface area contributed by atoms with Gasteiger partial charge in [0.2, 0.25) is 0 Å². The van der Waals surface area contributed by atoms with Crippen LogP contribution in [-0.4, -0.2) is 79.9 Å². The minimum absolute atomic E-state index is 0.0182. The summed E-state index contributed by atoms with van der Waals surface area (Å²) >= 11 is 0. The van der Waals surface area contributed by atoms with Crippen LogP contribution in [0.25, 0.3) is 0 Å². The lowest BCUT2D eigenvalue weighted by atomic mass is 10.2. The summed E-state index contributed by atoms with van der Waals surface area (Å²) in [4.78, 5) is 18.3. The molecule has 0 radical (unpaired) electrons. The van der Waals surface area contributed by atoms with Crippen LogP contribution in [0.5, 0.6) is 0 Å². The topological polar surface area (TPSA) is 59.1 Å². The fourth-order valence-corrected chi connectivity index (χ4v) is 2.81. The Labute approximate surface area is 145 Å². The molecule has 1 aromatic rings. The van der Waals surface area contributed by atoms with Gasteiger partial charge in [0.25, 0.3) is 0 Å². The van der Waals surface area contributed by atoms with Gasteiger partial charge in [0, 0.05) is 45.5 Å². The van der Waals surface area contributed by atoms with Crippen molar-refractivity contribution in [3.05, 3.63) is 30.3 Å². The van der Waals surface area contributed by atoms with Gasteiger partial charge in [-0.1, -0.05) is 18.2 Å². The van der Waals surface area contributed by atoms with E-state index in [4.69, 9.17) is 5.11 Å². The minimum Gasteiger partial charge on any atom is -0.394 e. The summed E-state index contributed by atoms with van der Waals surface area (Å²) in [5, 5.41) is 12.0. The van der Waals surface area contributed by atoms with Gasteiger partial charge in [-0.25, -0.2) is 4.79 Å². The van der Waals surface area contributed by atoms with E-state index in [1.165, 1.54) is 5.69 Å². The maximum Gasteiger partial charge on any atom is 0.317 e. The molecule has 2 N–H and O–H groups in total. The lowest BCUT2D eigenvalue weighted by molar-refractivity contribution is 0.157. The van der Waals surface area contributed by atoms with Gasteiger partial charge in [-0.3, -0.25) is 4.90 Å². The molecule has 0 aliphatic carbocycles. The summed E-state index contributed by atoms with van der Waals surface area (Å²) in [5.74, 6) is 0. The number of amides is 2. The highest BCUT2D eigenvalue weighted by molar-refractivity contribution is 5.74. The molecular formula is C18H30N4O2. The Bertz CT molecular complexity index is 489. The van der Waals surface area contributed by atoms with Crippen LogP contribution in [0, 0.1) is 0 Å². The van der Waals surface area contributed by atoms with Crippen molar-refractivity contribution >= 4 is 11.7 Å². The second-order valence-electron chi connectivity index (χ2n) is 6.39. The van der Waals surface area contributed by atoms with Crippen molar-refractivity contribution in [2.24, 2.45) is 0 Å². The molecule has 0 bridgehead atoms. The van der Waals surface area contributed by atoms with E-state index in [2.05, 4.69) is 39.4 Å². The monoisotopic (exact) mass is 334 g/mol. The predicted octanol–water partition coefficient (Wildman–Crippen LogP) is 1.22. The first-order chi connectivity index (χ1) is 11.6. The first kappa shape index (κ1) is 18.5. The van der Waals surface area contributed by atoms with E-state index in [-0.39, 0.29) is 18.7 Å². The SMILES string of the molecule is CC(CO)N(C)C(=O)NCCCN1CCN(c2ccccc2)CC1. The van der Waals surface area contributed by atoms with Gasteiger partial charge in [-0.05, 0) is 32.0 Å². The molecule has 1 atom stereocenters. The highest BCUT2D eigenvalue weighted by Crippen LogP contribution is 2.15. The molecule has 0 aromatic heterocycles. The second kappa shape index (κ2) is 9.49. The maximum atomic E-state index is 11.9. The third kappa shape index (κ3) is 5.39. The van der Waals surface area contributed by atoms with Crippen molar-refractivity contribution in [3.8, 4) is 0 Å². The third-order valence-electron chi connectivity index (χ3n) is 4.67. The lowest BCUT2D eigenvalue weighted by Gasteiger charge is -2.36. The largest absolute Gasteiger partial charge is 0.394 e. The molecule has 0 saturated carbocycles. The molecule has 6 nitrogen and oxygen atoms in total. The molecule has 1 aromatic carbocycles. The van der Waals surface area contributed by atoms with Crippen LogP contribution in [0.15, 0.2) is 30.3 Å². The number of nitrogens with one attached hydrogen (secondary N) is 1. The zero-order valence-corrected chi connectivity index (χ0v) is 14.8. The summed E-state index contributed by atoms with van der Waals surface area (Å²) in [6.07, 6.45) is 0.943. The van der Waals surface area contributed by atoms with Crippen LogP contribution in [0.4, 0.5) is 10.5 Å². The fourth-order valence-electron chi connectivity index (χ4n) is 2.81. The molecule has 1 unspecified atom stereocenters. The molecular weight excluding hydrogens is 304 g/mol.